The first-order valence-electron chi connectivity index (χ1n) is 10.2. The maximum absolute atomic E-state index is 13.8. The molecule has 5 nitrogen and oxygen atoms in total. The summed E-state index contributed by atoms with van der Waals surface area (Å²) in [6.45, 7) is 10.7. The van der Waals surface area contributed by atoms with Gasteiger partial charge in [-0.3, -0.25) is 4.90 Å². The van der Waals surface area contributed by atoms with Crippen molar-refractivity contribution in [3.05, 3.63) is 35.1 Å². The van der Waals surface area contributed by atoms with E-state index in [1.807, 2.05) is 6.20 Å². The number of aromatic nitrogens is 1. The van der Waals surface area contributed by atoms with Crippen molar-refractivity contribution in [1.82, 2.24) is 15.4 Å². The Morgan fingerprint density at radius 2 is 2.10 bits per heavy atom. The lowest BCUT2D eigenvalue weighted by Gasteiger charge is -2.43. The van der Waals surface area contributed by atoms with Crippen LogP contribution in [0.3, 0.4) is 0 Å². The summed E-state index contributed by atoms with van der Waals surface area (Å²) >= 11 is 1.48. The molecule has 1 aromatic carbocycles. The Bertz CT molecular complexity index is 838. The fourth-order valence-corrected chi connectivity index (χ4v) is 4.85. The Hall–Kier alpha value is -1.61. The molecule has 1 aromatic heterocycles. The van der Waals surface area contributed by atoms with Crippen molar-refractivity contribution in [1.29, 1.82) is 0 Å². The van der Waals surface area contributed by atoms with Crippen molar-refractivity contribution in [2.45, 2.75) is 53.1 Å². The van der Waals surface area contributed by atoms with Crippen LogP contribution < -0.4 is 10.2 Å². The summed E-state index contributed by atoms with van der Waals surface area (Å²) in [6, 6.07) is 4.31. The molecule has 2 heterocycles. The van der Waals surface area contributed by atoms with Crippen molar-refractivity contribution in [2.75, 3.05) is 20.2 Å². The number of hydrogen-bond acceptors (Lipinski definition) is 6. The molecular formula is C22H31F2N3O2S. The lowest BCUT2D eigenvalue weighted by molar-refractivity contribution is -0.00405. The molecule has 3 atom stereocenters. The smallest absolute Gasteiger partial charge is 0.235 e. The average Bonchev–Trinajstić information content (AvgIpc) is 3.10. The van der Waals surface area contributed by atoms with E-state index in [9.17, 15) is 8.78 Å². The molecule has 1 N–H and O–H groups in total. The number of halogens is 2. The van der Waals surface area contributed by atoms with E-state index in [1.165, 1.54) is 36.5 Å². The Morgan fingerprint density at radius 1 is 1.33 bits per heavy atom. The number of benzene rings is 1. The van der Waals surface area contributed by atoms with Crippen molar-refractivity contribution in [3.63, 3.8) is 0 Å². The molecule has 1 fully saturated rings. The first kappa shape index (κ1) is 23.1. The fraction of sp³-hybridized carbons (Fsp3) is 0.591. The van der Waals surface area contributed by atoms with Crippen LogP contribution in [0.4, 0.5) is 8.78 Å². The molecule has 1 saturated heterocycles. The minimum Gasteiger partial charge on any atom is -0.460 e. The van der Waals surface area contributed by atoms with E-state index in [-0.39, 0.29) is 11.5 Å². The van der Waals surface area contributed by atoms with Crippen molar-refractivity contribution in [2.24, 2.45) is 11.3 Å². The third-order valence-corrected chi connectivity index (χ3v) is 6.45. The molecule has 3 unspecified atom stereocenters. The highest BCUT2D eigenvalue weighted by molar-refractivity contribution is 7.15. The lowest BCUT2D eigenvalue weighted by atomic mass is 9.75. The van der Waals surface area contributed by atoms with Crippen molar-refractivity contribution >= 4 is 11.3 Å². The van der Waals surface area contributed by atoms with E-state index in [4.69, 9.17) is 9.57 Å². The zero-order valence-corrected chi connectivity index (χ0v) is 19.1. The molecule has 2 aromatic rings. The van der Waals surface area contributed by atoms with Gasteiger partial charge in [0.05, 0.1) is 12.7 Å². The van der Waals surface area contributed by atoms with Gasteiger partial charge in [0.15, 0.2) is 0 Å². The Labute approximate surface area is 181 Å². The van der Waals surface area contributed by atoms with Crippen LogP contribution in [0.25, 0.3) is 10.6 Å². The van der Waals surface area contributed by atoms with Gasteiger partial charge >= 0.3 is 0 Å². The first-order chi connectivity index (χ1) is 14.2. The van der Waals surface area contributed by atoms with E-state index in [0.717, 1.165) is 30.9 Å². The van der Waals surface area contributed by atoms with E-state index in [1.54, 1.807) is 7.11 Å². The van der Waals surface area contributed by atoms with Crippen LogP contribution in [0, 0.1) is 17.2 Å². The number of likely N-dealkylation sites (tertiary alicyclic amines) is 1. The molecule has 8 heteroatoms. The van der Waals surface area contributed by atoms with Crippen molar-refractivity contribution in [3.8, 4) is 16.3 Å². The summed E-state index contributed by atoms with van der Waals surface area (Å²) in [5, 5.41) is 0.621. The van der Waals surface area contributed by atoms with Gasteiger partial charge in [-0.05, 0) is 36.0 Å². The molecule has 1 aliphatic heterocycles. The van der Waals surface area contributed by atoms with Crippen LogP contribution >= 0.6 is 11.3 Å². The van der Waals surface area contributed by atoms with Gasteiger partial charge in [-0.25, -0.2) is 13.8 Å². The molecule has 0 spiro atoms. The standard InChI is InChI=1S/C22H31F2N3O2S/c1-14(23)29-20-7-6-16(24)9-19(20)21-25-10-18(30-21)13-27-11-15(22(2,3)4)8-17(12-27)26-28-5/h6-7,9-10,14-15,17,26H,8,11-13H2,1-5H3. The second kappa shape index (κ2) is 9.68. The highest BCUT2D eigenvalue weighted by Gasteiger charge is 2.34. The number of piperidine rings is 1. The summed E-state index contributed by atoms with van der Waals surface area (Å²) in [7, 11) is 1.65. The number of hydrogen-bond donors (Lipinski definition) is 1. The predicted molar refractivity (Wildman–Crippen MR) is 115 cm³/mol. The largest absolute Gasteiger partial charge is 0.460 e. The van der Waals surface area contributed by atoms with Gasteiger partial charge < -0.3 is 9.57 Å². The predicted octanol–water partition coefficient (Wildman–Crippen LogP) is 5.03. The van der Waals surface area contributed by atoms with Gasteiger partial charge in [0.1, 0.15) is 16.6 Å². The minimum atomic E-state index is -1.48. The maximum Gasteiger partial charge on any atom is 0.235 e. The number of hydroxylamine groups is 1. The second-order valence-corrected chi connectivity index (χ2v) is 10.1. The molecule has 0 bridgehead atoms. The number of alkyl halides is 1. The molecule has 3 rings (SSSR count). The van der Waals surface area contributed by atoms with Crippen LogP contribution in [0.1, 0.15) is 39.0 Å². The van der Waals surface area contributed by atoms with Gasteiger partial charge in [0.25, 0.3) is 0 Å². The zero-order valence-electron chi connectivity index (χ0n) is 18.2. The minimum absolute atomic E-state index is 0.196. The van der Waals surface area contributed by atoms with Crippen LogP contribution in [-0.2, 0) is 11.4 Å². The number of nitrogens with zero attached hydrogens (tertiary/aromatic N) is 2. The van der Waals surface area contributed by atoms with Gasteiger partial charge in [-0.2, -0.15) is 5.48 Å². The highest BCUT2D eigenvalue weighted by Crippen LogP contribution is 2.37. The summed E-state index contributed by atoms with van der Waals surface area (Å²) in [5.41, 5.74) is 3.79. The van der Waals surface area contributed by atoms with E-state index in [2.05, 4.69) is 36.1 Å². The third kappa shape index (κ3) is 5.97. The molecule has 0 radical (unpaired) electrons. The average molecular weight is 440 g/mol. The number of thiazole rings is 1. The molecule has 30 heavy (non-hydrogen) atoms. The van der Waals surface area contributed by atoms with E-state index >= 15 is 0 Å². The fourth-order valence-electron chi connectivity index (χ4n) is 3.87. The normalized spacial score (nSPS) is 21.6. The maximum atomic E-state index is 13.8. The highest BCUT2D eigenvalue weighted by atomic mass is 32.1. The Balaban J connectivity index is 1.77. The van der Waals surface area contributed by atoms with Gasteiger partial charge in [0, 0.05) is 43.7 Å². The molecule has 1 aliphatic rings. The van der Waals surface area contributed by atoms with E-state index in [0.29, 0.717) is 22.2 Å². The SMILES string of the molecule is CONC1CC(C(C)(C)C)CN(Cc2cnc(-c3cc(F)ccc3OC(C)F)s2)C1. The van der Waals surface area contributed by atoms with E-state index < -0.39 is 12.2 Å². The molecule has 166 valence electrons. The second-order valence-electron chi connectivity index (χ2n) is 8.94. The van der Waals surface area contributed by atoms with Crippen molar-refractivity contribution < 1.29 is 18.4 Å². The molecular weight excluding hydrogens is 408 g/mol. The summed E-state index contributed by atoms with van der Waals surface area (Å²) in [6.07, 6.45) is 1.39. The Morgan fingerprint density at radius 3 is 2.77 bits per heavy atom. The number of nitrogens with one attached hydrogen (secondary N) is 1. The van der Waals surface area contributed by atoms with Gasteiger partial charge in [0.2, 0.25) is 6.36 Å². The third-order valence-electron chi connectivity index (χ3n) is 5.43. The molecule has 0 amide bonds. The number of ether oxygens (including phenoxy) is 1. The lowest BCUT2D eigenvalue weighted by Crippen LogP contribution is -2.51. The number of rotatable bonds is 7. The van der Waals surface area contributed by atoms with Crippen LogP contribution in [0.15, 0.2) is 24.4 Å². The summed E-state index contributed by atoms with van der Waals surface area (Å²) < 4.78 is 32.4. The van der Waals surface area contributed by atoms with Crippen LogP contribution in [-0.4, -0.2) is 42.5 Å². The van der Waals surface area contributed by atoms with Crippen LogP contribution in [0.5, 0.6) is 5.75 Å². The van der Waals surface area contributed by atoms with Gasteiger partial charge in [-0.1, -0.05) is 20.8 Å². The summed E-state index contributed by atoms with van der Waals surface area (Å²) in [5.74, 6) is 0.418. The molecule has 0 saturated carbocycles. The first-order valence-corrected chi connectivity index (χ1v) is 11.0. The summed E-state index contributed by atoms with van der Waals surface area (Å²) in [4.78, 5) is 13.1. The monoisotopic (exact) mass is 439 g/mol. The Kier molecular flexibility index (Phi) is 7.44. The zero-order chi connectivity index (χ0) is 21.9. The topological polar surface area (TPSA) is 46.6 Å². The molecule has 0 aliphatic carbocycles. The van der Waals surface area contributed by atoms with Crippen LogP contribution in [0.2, 0.25) is 0 Å². The van der Waals surface area contributed by atoms with Gasteiger partial charge in [-0.15, -0.1) is 11.3 Å². The quantitative estimate of drug-likeness (QED) is 0.613.